The van der Waals surface area contributed by atoms with Crippen LogP contribution in [0, 0.1) is 12.8 Å². The monoisotopic (exact) mass is 402 g/mol. The number of benzene rings is 1. The highest BCUT2D eigenvalue weighted by molar-refractivity contribution is 5.91. The van der Waals surface area contributed by atoms with Gasteiger partial charge in [0, 0.05) is 30.1 Å². The van der Waals surface area contributed by atoms with Gasteiger partial charge in [-0.1, -0.05) is 18.9 Å². The van der Waals surface area contributed by atoms with Crippen LogP contribution in [0.1, 0.15) is 37.9 Å². The number of hydrogen-bond donors (Lipinski definition) is 3. The fourth-order valence-electron chi connectivity index (χ4n) is 3.74. The molecule has 0 atom stereocenters. The van der Waals surface area contributed by atoms with E-state index >= 15 is 0 Å². The Labute approximate surface area is 176 Å². The molecule has 1 amide bonds. The van der Waals surface area contributed by atoms with Crippen LogP contribution in [0.25, 0.3) is 0 Å². The maximum absolute atomic E-state index is 12.2. The van der Waals surface area contributed by atoms with Gasteiger partial charge in [0.05, 0.1) is 0 Å². The summed E-state index contributed by atoms with van der Waals surface area (Å²) in [6, 6.07) is 15.1. The number of nitrogens with zero attached hydrogens (tertiary/aromatic N) is 3. The summed E-state index contributed by atoms with van der Waals surface area (Å²) in [7, 11) is 0. The molecule has 154 valence electrons. The van der Waals surface area contributed by atoms with Gasteiger partial charge in [-0.25, -0.2) is 15.0 Å². The normalized spacial score (nSPS) is 13.8. The minimum Gasteiger partial charge on any atom is -0.340 e. The second-order valence-corrected chi connectivity index (χ2v) is 7.63. The first kappa shape index (κ1) is 19.8. The molecule has 3 aromatic rings. The van der Waals surface area contributed by atoms with Gasteiger partial charge in [0.25, 0.3) is 0 Å². The molecule has 0 unspecified atom stereocenters. The van der Waals surface area contributed by atoms with E-state index in [0.717, 1.165) is 17.2 Å². The van der Waals surface area contributed by atoms with Crippen molar-refractivity contribution in [3.63, 3.8) is 0 Å². The second-order valence-electron chi connectivity index (χ2n) is 7.63. The standard InChI is InChI=1S/C23H26N6O/c1-16-25-21(15-22(26-16)29-20-8-4-5-13-24-20)27-18-9-11-19(12-10-18)28-23(30)14-17-6-2-3-7-17/h4-5,8-13,15,17H,2-3,6-7,14H2,1H3,(H,28,30)(H2,24,25,26,27,29). The lowest BCUT2D eigenvalue weighted by atomic mass is 10.0. The molecule has 1 fully saturated rings. The van der Waals surface area contributed by atoms with E-state index in [-0.39, 0.29) is 5.91 Å². The Hall–Kier alpha value is -3.48. The summed E-state index contributed by atoms with van der Waals surface area (Å²) in [6.45, 7) is 1.84. The molecule has 2 heterocycles. The zero-order valence-electron chi connectivity index (χ0n) is 17.1. The van der Waals surface area contributed by atoms with Crippen LogP contribution >= 0.6 is 0 Å². The Bertz CT molecular complexity index is 984. The maximum atomic E-state index is 12.2. The number of carbonyl (C=O) groups is 1. The van der Waals surface area contributed by atoms with Crippen molar-refractivity contribution in [3.05, 3.63) is 60.6 Å². The summed E-state index contributed by atoms with van der Waals surface area (Å²) in [6.07, 6.45) is 7.19. The Morgan fingerprint density at radius 3 is 2.33 bits per heavy atom. The van der Waals surface area contributed by atoms with E-state index in [2.05, 4.69) is 30.9 Å². The van der Waals surface area contributed by atoms with Gasteiger partial charge in [-0.15, -0.1) is 0 Å². The van der Waals surface area contributed by atoms with Crippen LogP contribution in [0.3, 0.4) is 0 Å². The van der Waals surface area contributed by atoms with Gasteiger partial charge in [-0.2, -0.15) is 0 Å². The maximum Gasteiger partial charge on any atom is 0.224 e. The van der Waals surface area contributed by atoms with Gasteiger partial charge in [-0.05, 0) is 62.1 Å². The van der Waals surface area contributed by atoms with Crippen LogP contribution in [0.5, 0.6) is 0 Å². The third-order valence-electron chi connectivity index (χ3n) is 5.15. The van der Waals surface area contributed by atoms with Crippen LogP contribution < -0.4 is 16.0 Å². The minimum atomic E-state index is 0.0965. The smallest absolute Gasteiger partial charge is 0.224 e. The van der Waals surface area contributed by atoms with Gasteiger partial charge < -0.3 is 16.0 Å². The van der Waals surface area contributed by atoms with Gasteiger partial charge in [0.15, 0.2) is 0 Å². The fraction of sp³-hybridized carbons (Fsp3) is 0.304. The van der Waals surface area contributed by atoms with Crippen LogP contribution in [0.4, 0.5) is 28.8 Å². The van der Waals surface area contributed by atoms with Crippen molar-refractivity contribution in [2.75, 3.05) is 16.0 Å². The minimum absolute atomic E-state index is 0.0965. The molecule has 1 aliphatic carbocycles. The molecule has 0 aliphatic heterocycles. The number of amides is 1. The summed E-state index contributed by atoms with van der Waals surface area (Å²) < 4.78 is 0. The lowest BCUT2D eigenvalue weighted by molar-refractivity contribution is -0.117. The summed E-state index contributed by atoms with van der Waals surface area (Å²) in [5.41, 5.74) is 1.69. The molecule has 1 aromatic carbocycles. The lowest BCUT2D eigenvalue weighted by Gasteiger charge is -2.12. The highest BCUT2D eigenvalue weighted by Crippen LogP contribution is 2.28. The molecule has 2 aromatic heterocycles. The van der Waals surface area contributed by atoms with E-state index in [9.17, 15) is 4.79 Å². The van der Waals surface area contributed by atoms with Crippen molar-refractivity contribution in [3.8, 4) is 0 Å². The van der Waals surface area contributed by atoms with Crippen molar-refractivity contribution in [2.24, 2.45) is 5.92 Å². The Kier molecular flexibility index (Phi) is 6.17. The topological polar surface area (TPSA) is 91.8 Å². The van der Waals surface area contributed by atoms with Gasteiger partial charge in [-0.3, -0.25) is 4.79 Å². The van der Waals surface area contributed by atoms with Gasteiger partial charge in [0.2, 0.25) is 5.91 Å². The first-order valence-corrected chi connectivity index (χ1v) is 10.3. The number of pyridine rings is 1. The van der Waals surface area contributed by atoms with E-state index in [1.807, 2.05) is 55.5 Å². The number of nitrogens with one attached hydrogen (secondary N) is 3. The largest absolute Gasteiger partial charge is 0.340 e. The predicted molar refractivity (Wildman–Crippen MR) is 119 cm³/mol. The highest BCUT2D eigenvalue weighted by atomic mass is 16.1. The molecule has 7 nitrogen and oxygen atoms in total. The first-order valence-electron chi connectivity index (χ1n) is 10.3. The predicted octanol–water partition coefficient (Wildman–Crippen LogP) is 5.19. The summed E-state index contributed by atoms with van der Waals surface area (Å²) in [5, 5.41) is 9.46. The van der Waals surface area contributed by atoms with Gasteiger partial charge >= 0.3 is 0 Å². The zero-order chi connectivity index (χ0) is 20.8. The molecule has 0 spiro atoms. The fourth-order valence-corrected chi connectivity index (χ4v) is 3.74. The first-order chi connectivity index (χ1) is 14.6. The van der Waals surface area contributed by atoms with E-state index in [1.165, 1.54) is 25.7 Å². The van der Waals surface area contributed by atoms with Crippen LogP contribution in [0.15, 0.2) is 54.7 Å². The molecule has 0 radical (unpaired) electrons. The Morgan fingerprint density at radius 2 is 1.63 bits per heavy atom. The van der Waals surface area contributed by atoms with Crippen LogP contribution in [0.2, 0.25) is 0 Å². The third-order valence-corrected chi connectivity index (χ3v) is 5.15. The van der Waals surface area contributed by atoms with E-state index in [0.29, 0.717) is 29.8 Å². The number of carbonyl (C=O) groups excluding carboxylic acids is 1. The molecular weight excluding hydrogens is 376 g/mol. The van der Waals surface area contributed by atoms with Crippen LogP contribution in [-0.2, 0) is 4.79 Å². The van der Waals surface area contributed by atoms with Crippen molar-refractivity contribution < 1.29 is 4.79 Å². The van der Waals surface area contributed by atoms with Crippen molar-refractivity contribution in [2.45, 2.75) is 39.0 Å². The molecular formula is C23H26N6O. The average molecular weight is 403 g/mol. The third kappa shape index (κ3) is 5.53. The zero-order valence-corrected chi connectivity index (χ0v) is 17.1. The summed E-state index contributed by atoms with van der Waals surface area (Å²) in [5.74, 6) is 3.35. The van der Waals surface area contributed by atoms with E-state index in [4.69, 9.17) is 0 Å². The molecule has 30 heavy (non-hydrogen) atoms. The summed E-state index contributed by atoms with van der Waals surface area (Å²) in [4.78, 5) is 25.3. The number of rotatable bonds is 7. The molecule has 1 saturated carbocycles. The SMILES string of the molecule is Cc1nc(Nc2ccc(NC(=O)CC3CCCC3)cc2)cc(Nc2ccccn2)n1. The van der Waals surface area contributed by atoms with Gasteiger partial charge in [0.1, 0.15) is 23.3 Å². The quantitative estimate of drug-likeness (QED) is 0.504. The highest BCUT2D eigenvalue weighted by Gasteiger charge is 2.18. The van der Waals surface area contributed by atoms with Crippen molar-refractivity contribution in [1.82, 2.24) is 15.0 Å². The Balaban J connectivity index is 1.37. The number of anilines is 5. The molecule has 1 aliphatic rings. The molecule has 0 bridgehead atoms. The number of aromatic nitrogens is 3. The number of hydrogen-bond acceptors (Lipinski definition) is 6. The number of aryl methyl sites for hydroxylation is 1. The summed E-state index contributed by atoms with van der Waals surface area (Å²) >= 11 is 0. The average Bonchev–Trinajstić information content (AvgIpc) is 3.23. The van der Waals surface area contributed by atoms with Crippen LogP contribution in [-0.4, -0.2) is 20.9 Å². The molecule has 7 heteroatoms. The lowest BCUT2D eigenvalue weighted by Crippen LogP contribution is -2.15. The van der Waals surface area contributed by atoms with Crippen molar-refractivity contribution in [1.29, 1.82) is 0 Å². The molecule has 3 N–H and O–H groups in total. The molecule has 0 saturated heterocycles. The van der Waals surface area contributed by atoms with E-state index < -0.39 is 0 Å². The van der Waals surface area contributed by atoms with Crippen molar-refractivity contribution >= 4 is 34.7 Å². The molecule has 4 rings (SSSR count). The second kappa shape index (κ2) is 9.35. The van der Waals surface area contributed by atoms with E-state index in [1.54, 1.807) is 6.20 Å². The Morgan fingerprint density at radius 1 is 0.933 bits per heavy atom.